The minimum absolute atomic E-state index is 0.0204. The summed E-state index contributed by atoms with van der Waals surface area (Å²) >= 11 is 0. The van der Waals surface area contributed by atoms with Gasteiger partial charge in [0.05, 0.1) is 22.1 Å². The molecule has 454 valence electrons. The summed E-state index contributed by atoms with van der Waals surface area (Å²) in [6.45, 7) is 52.4. The normalized spacial score (nSPS) is 24.1. The molecule has 0 radical (unpaired) electrons. The molecule has 0 saturated heterocycles. The number of aromatic nitrogens is 2. The molecule has 0 aliphatic heterocycles. The van der Waals surface area contributed by atoms with E-state index in [4.69, 9.17) is 0 Å². The first-order chi connectivity index (χ1) is 40.6. The number of rotatable bonds is 6. The summed E-state index contributed by atoms with van der Waals surface area (Å²) in [6, 6.07) is 50.0. The van der Waals surface area contributed by atoms with E-state index >= 15 is 0 Å². The van der Waals surface area contributed by atoms with Crippen molar-refractivity contribution in [2.75, 3.05) is 0 Å². The van der Waals surface area contributed by atoms with E-state index in [0.717, 1.165) is 17.0 Å². The molecular formula is C81H102N4Si2. The lowest BCUT2D eigenvalue weighted by molar-refractivity contribution is 0.121. The van der Waals surface area contributed by atoms with Crippen molar-refractivity contribution in [2.24, 2.45) is 29.6 Å². The highest BCUT2D eigenvalue weighted by atomic mass is 28.3. The monoisotopic (exact) mass is 1190 g/mol. The van der Waals surface area contributed by atoms with Crippen molar-refractivity contribution in [3.05, 3.63) is 191 Å². The third-order valence-electron chi connectivity index (χ3n) is 22.5. The predicted molar refractivity (Wildman–Crippen MR) is 382 cm³/mol. The molecule has 2 fully saturated rings. The van der Waals surface area contributed by atoms with Crippen LogP contribution in [-0.2, 0) is 10.8 Å². The minimum Gasteiger partial charge on any atom is -0.314 e. The molecule has 0 spiro atoms. The maximum Gasteiger partial charge on any atom is 0.127 e. The van der Waals surface area contributed by atoms with Crippen molar-refractivity contribution in [3.8, 4) is 11.4 Å². The van der Waals surface area contributed by atoms with Crippen LogP contribution in [-0.4, -0.2) is 56.9 Å². The highest BCUT2D eigenvalue weighted by Crippen LogP contribution is 2.63. The van der Waals surface area contributed by atoms with Gasteiger partial charge in [-0.15, -0.1) is 0 Å². The van der Waals surface area contributed by atoms with Crippen LogP contribution in [0.15, 0.2) is 169 Å². The summed E-state index contributed by atoms with van der Waals surface area (Å²) in [5.41, 5.74) is 21.7. The number of fused-ring (bicyclic) bond motifs is 14. The van der Waals surface area contributed by atoms with Gasteiger partial charge in [0, 0.05) is 65.9 Å². The van der Waals surface area contributed by atoms with Crippen LogP contribution >= 0.6 is 0 Å². The molecule has 0 bridgehead atoms. The molecule has 0 amide bonds. The van der Waals surface area contributed by atoms with Gasteiger partial charge in [0.25, 0.3) is 0 Å². The first-order valence-corrected chi connectivity index (χ1v) is 39.5. The Bertz CT molecular complexity index is 4080. The van der Waals surface area contributed by atoms with Crippen molar-refractivity contribution in [1.29, 1.82) is 0 Å². The Morgan fingerprint density at radius 1 is 0.425 bits per heavy atom. The number of para-hydroxylation sites is 4. The number of allylic oxidation sites excluding steroid dienone is 8. The summed E-state index contributed by atoms with van der Waals surface area (Å²) in [5.74, 6) is 3.25. The molecule has 7 unspecified atom stereocenters. The first-order valence-electron chi connectivity index (χ1n) is 33.4. The highest BCUT2D eigenvalue weighted by molar-refractivity contribution is 6.77. The maximum atomic E-state index is 2.96. The Balaban J connectivity index is 0.000000161. The molecule has 4 nitrogen and oxygen atoms in total. The number of hydrogen-bond donors (Lipinski definition) is 0. The summed E-state index contributed by atoms with van der Waals surface area (Å²) in [5, 5.41) is 5.28. The lowest BCUT2D eigenvalue weighted by Crippen LogP contribution is -2.67. The van der Waals surface area contributed by atoms with Crippen LogP contribution in [0.3, 0.4) is 0 Å². The molecule has 6 aliphatic carbocycles. The zero-order valence-electron chi connectivity index (χ0n) is 57.0. The van der Waals surface area contributed by atoms with Crippen LogP contribution in [0.25, 0.3) is 66.1 Å². The predicted octanol–water partition coefficient (Wildman–Crippen LogP) is 22.0. The highest BCUT2D eigenvalue weighted by Gasteiger charge is 2.58. The summed E-state index contributed by atoms with van der Waals surface area (Å²) in [7, 11) is -3.64. The lowest BCUT2D eigenvalue weighted by Gasteiger charge is -2.57. The number of nitrogens with zero attached hydrogens (tertiary/aromatic N) is 4. The standard InChI is InChI=1S/C41H52N2Si.C40H50N2Si/c1-26-22-27-23-33-29-21-20-28(42-36-18-14-12-16-30(36)31-17-13-15-19-37(31)42)24-34(29)41(8,9)35(33)25-32(27)38(26)44(10,11)43(39(2,3)4)40(5,6)7;1-38(2,3)42(39(4,5)6)43(9,10)37-22-19-26-23-32-28-21-20-27(24-33(28)40(7,8)34(32)25-31(26)37)41-35-17-13-11-15-29(35)30-16-12-14-18-36(30)41/h12-21,23-27,32,38H,22H2,1-11H3;11-18,20-21,23-26,31,37H,19,22H2,1-10H3. The van der Waals surface area contributed by atoms with E-state index in [1.54, 1.807) is 11.1 Å². The molecule has 6 aliphatic rings. The van der Waals surface area contributed by atoms with E-state index in [1.165, 1.54) is 108 Å². The number of hydrogen-bond acceptors (Lipinski definition) is 2. The van der Waals surface area contributed by atoms with E-state index in [0.29, 0.717) is 23.7 Å². The van der Waals surface area contributed by atoms with E-state index < -0.39 is 16.5 Å². The maximum absolute atomic E-state index is 2.96. The number of benzene rings is 6. The Hall–Kier alpha value is -5.77. The lowest BCUT2D eigenvalue weighted by atomic mass is 9.76. The van der Waals surface area contributed by atoms with Gasteiger partial charge in [-0.3, -0.25) is 0 Å². The molecule has 8 aromatic rings. The smallest absolute Gasteiger partial charge is 0.127 e. The zero-order valence-corrected chi connectivity index (χ0v) is 59.0. The zero-order chi connectivity index (χ0) is 62.2. The topological polar surface area (TPSA) is 16.3 Å². The van der Waals surface area contributed by atoms with Crippen molar-refractivity contribution in [1.82, 2.24) is 18.3 Å². The van der Waals surface area contributed by atoms with Gasteiger partial charge in [-0.2, -0.15) is 0 Å². The van der Waals surface area contributed by atoms with E-state index in [2.05, 4.69) is 320 Å². The quantitative estimate of drug-likeness (QED) is 0.154. The molecule has 14 rings (SSSR count). The molecule has 6 heteroatoms. The van der Waals surface area contributed by atoms with Crippen LogP contribution in [0.1, 0.15) is 159 Å². The second-order valence-electron chi connectivity index (χ2n) is 33.8. The van der Waals surface area contributed by atoms with Gasteiger partial charge in [0.2, 0.25) is 0 Å². The second-order valence-corrected chi connectivity index (χ2v) is 42.8. The van der Waals surface area contributed by atoms with Crippen LogP contribution in [0, 0.1) is 29.6 Å². The fourth-order valence-electron chi connectivity index (χ4n) is 21.3. The average Bonchev–Trinajstić information content (AvgIpc) is 1.59. The minimum atomic E-state index is -1.85. The fourth-order valence-corrected chi connectivity index (χ4v) is 33.8. The van der Waals surface area contributed by atoms with Gasteiger partial charge in [-0.25, -0.2) is 0 Å². The molecule has 2 heterocycles. The van der Waals surface area contributed by atoms with Crippen LogP contribution in [0.4, 0.5) is 0 Å². The van der Waals surface area contributed by atoms with E-state index in [1.807, 2.05) is 0 Å². The van der Waals surface area contributed by atoms with Crippen molar-refractivity contribution in [3.63, 3.8) is 0 Å². The summed E-state index contributed by atoms with van der Waals surface area (Å²) < 4.78 is 10.9. The van der Waals surface area contributed by atoms with E-state index in [9.17, 15) is 0 Å². The molecule has 2 aromatic heterocycles. The average molecular weight is 1190 g/mol. The second kappa shape index (κ2) is 20.1. The Morgan fingerprint density at radius 2 is 0.782 bits per heavy atom. The van der Waals surface area contributed by atoms with Gasteiger partial charge < -0.3 is 18.3 Å². The molecule has 7 atom stereocenters. The Morgan fingerprint density at radius 3 is 1.17 bits per heavy atom. The third-order valence-corrected chi connectivity index (χ3v) is 32.6. The molecule has 0 N–H and O–H groups in total. The SMILES string of the molecule is CC1(C)C2=CC3C(C=C2c2ccc(-n4c5ccccc5c5ccccc54)cc21)CCC3[Si](C)(C)N(C(C)(C)C)C(C)(C)C.CC1CC2C=C3C(=CC2C1[Si](C)(C)N(C(C)(C)C)C(C)(C)C)C(C)(C)c1cc(-n2c4ccccc4c4ccccc42)ccc13. The van der Waals surface area contributed by atoms with E-state index in [-0.39, 0.29) is 33.0 Å². The van der Waals surface area contributed by atoms with Crippen molar-refractivity contribution < 1.29 is 0 Å². The summed E-state index contributed by atoms with van der Waals surface area (Å²) in [4.78, 5) is 0. The van der Waals surface area contributed by atoms with Gasteiger partial charge in [0.1, 0.15) is 16.5 Å². The van der Waals surface area contributed by atoms with Gasteiger partial charge in [-0.1, -0.05) is 176 Å². The van der Waals surface area contributed by atoms with Gasteiger partial charge in [-0.05, 0) is 230 Å². The van der Waals surface area contributed by atoms with Crippen LogP contribution < -0.4 is 0 Å². The molecule has 87 heavy (non-hydrogen) atoms. The first kappa shape index (κ1) is 60.2. The third kappa shape index (κ3) is 9.35. The Kier molecular flexibility index (Phi) is 13.9. The van der Waals surface area contributed by atoms with Gasteiger partial charge >= 0.3 is 0 Å². The fraction of sp³-hybridized carbons (Fsp3) is 0.457. The van der Waals surface area contributed by atoms with Crippen LogP contribution in [0.5, 0.6) is 0 Å². The van der Waals surface area contributed by atoms with Crippen molar-refractivity contribution >= 4 is 71.2 Å². The van der Waals surface area contributed by atoms with Gasteiger partial charge in [0.15, 0.2) is 0 Å². The molecular weight excluding hydrogens is 1090 g/mol. The van der Waals surface area contributed by atoms with Crippen LogP contribution in [0.2, 0.25) is 37.3 Å². The molecule has 6 aromatic carbocycles. The Labute approximate surface area is 525 Å². The summed E-state index contributed by atoms with van der Waals surface area (Å²) in [6.07, 6.45) is 14.9. The largest absolute Gasteiger partial charge is 0.314 e. The molecule has 2 saturated carbocycles. The van der Waals surface area contributed by atoms with Crippen molar-refractivity contribution in [2.45, 2.75) is 207 Å².